The lowest BCUT2D eigenvalue weighted by molar-refractivity contribution is 0.102. The minimum absolute atomic E-state index is 0.0829. The van der Waals surface area contributed by atoms with Crippen LogP contribution in [-0.2, 0) is 14.1 Å². The van der Waals surface area contributed by atoms with E-state index < -0.39 is 17.2 Å². The minimum atomic E-state index is -0.725. The van der Waals surface area contributed by atoms with Crippen LogP contribution < -0.4 is 16.6 Å². The maximum atomic E-state index is 12.6. The molecule has 0 fully saturated rings. The summed E-state index contributed by atoms with van der Waals surface area (Å²) >= 11 is 0. The lowest BCUT2D eigenvalue weighted by Crippen LogP contribution is -2.41. The molecule has 0 unspecified atom stereocenters. The fourth-order valence-electron chi connectivity index (χ4n) is 2.13. The number of tetrazole rings is 1. The smallest absolute Gasteiger partial charge is 0.302 e. The van der Waals surface area contributed by atoms with Gasteiger partial charge >= 0.3 is 5.69 Å². The van der Waals surface area contributed by atoms with Gasteiger partial charge in [0.05, 0.1) is 5.69 Å². The summed E-state index contributed by atoms with van der Waals surface area (Å²) in [6.07, 6.45) is 1.18. The molecule has 10 heteroatoms. The number of carbonyl (C=O) groups is 1. The van der Waals surface area contributed by atoms with Crippen molar-refractivity contribution in [2.45, 2.75) is 0 Å². The highest BCUT2D eigenvalue weighted by molar-refractivity contribution is 6.02. The molecular formula is C14H13N7O3. The number of para-hydroxylation sites is 1. The van der Waals surface area contributed by atoms with E-state index in [4.69, 9.17) is 0 Å². The summed E-state index contributed by atoms with van der Waals surface area (Å²) in [6, 6.07) is 8.36. The number of hydrogen-bond donors (Lipinski definition) is 1. The third-order valence-electron chi connectivity index (χ3n) is 3.35. The number of amides is 1. The largest absolute Gasteiger partial charge is 0.335 e. The van der Waals surface area contributed by atoms with E-state index in [2.05, 4.69) is 20.8 Å². The van der Waals surface area contributed by atoms with Crippen LogP contribution in [0.25, 0.3) is 5.69 Å². The Morgan fingerprint density at radius 2 is 1.83 bits per heavy atom. The predicted octanol–water partition coefficient (Wildman–Crippen LogP) is -0.688. The number of nitrogens with one attached hydrogen (secondary N) is 1. The van der Waals surface area contributed by atoms with Crippen molar-refractivity contribution in [3.8, 4) is 5.69 Å². The third-order valence-corrected chi connectivity index (χ3v) is 3.35. The Labute approximate surface area is 135 Å². The van der Waals surface area contributed by atoms with Gasteiger partial charge in [0.1, 0.15) is 5.56 Å². The average Bonchev–Trinajstić information content (AvgIpc) is 2.97. The molecule has 1 amide bonds. The fraction of sp³-hybridized carbons (Fsp3) is 0.143. The zero-order valence-corrected chi connectivity index (χ0v) is 12.9. The van der Waals surface area contributed by atoms with E-state index in [1.54, 1.807) is 37.4 Å². The molecule has 0 bridgehead atoms. The van der Waals surface area contributed by atoms with Gasteiger partial charge in [-0.25, -0.2) is 14.0 Å². The maximum Gasteiger partial charge on any atom is 0.335 e. The molecule has 0 saturated carbocycles. The topological polar surface area (TPSA) is 117 Å². The summed E-state index contributed by atoms with van der Waals surface area (Å²) in [6.45, 7) is 0. The van der Waals surface area contributed by atoms with Crippen molar-refractivity contribution >= 4 is 11.9 Å². The van der Waals surface area contributed by atoms with Crippen LogP contribution in [0.1, 0.15) is 10.4 Å². The van der Waals surface area contributed by atoms with Crippen LogP contribution in [0.2, 0.25) is 0 Å². The zero-order chi connectivity index (χ0) is 17.3. The first-order chi connectivity index (χ1) is 11.5. The van der Waals surface area contributed by atoms with Crippen molar-refractivity contribution in [3.63, 3.8) is 0 Å². The van der Waals surface area contributed by atoms with Gasteiger partial charge in [-0.2, -0.15) is 0 Å². The van der Waals surface area contributed by atoms with Gasteiger partial charge in [-0.3, -0.25) is 14.9 Å². The molecule has 0 aliphatic heterocycles. The monoisotopic (exact) mass is 327 g/mol. The van der Waals surface area contributed by atoms with Crippen LogP contribution >= 0.6 is 0 Å². The quantitative estimate of drug-likeness (QED) is 0.681. The summed E-state index contributed by atoms with van der Waals surface area (Å²) in [5.74, 6) is -0.627. The second-order valence-electron chi connectivity index (χ2n) is 4.99. The summed E-state index contributed by atoms with van der Waals surface area (Å²) < 4.78 is 3.34. The second-order valence-corrected chi connectivity index (χ2v) is 4.99. The number of hydrogen-bond acceptors (Lipinski definition) is 6. The Hall–Kier alpha value is -3.56. The second kappa shape index (κ2) is 5.91. The molecule has 122 valence electrons. The van der Waals surface area contributed by atoms with Crippen LogP contribution in [0.3, 0.4) is 0 Å². The molecule has 0 saturated heterocycles. The molecule has 0 atom stereocenters. The van der Waals surface area contributed by atoms with Crippen LogP contribution in [-0.4, -0.2) is 35.2 Å². The van der Waals surface area contributed by atoms with Crippen molar-refractivity contribution < 1.29 is 4.79 Å². The predicted molar refractivity (Wildman–Crippen MR) is 84.0 cm³/mol. The number of anilines is 1. The van der Waals surface area contributed by atoms with E-state index in [0.29, 0.717) is 5.69 Å². The molecule has 2 aromatic heterocycles. The van der Waals surface area contributed by atoms with Crippen molar-refractivity contribution in [1.29, 1.82) is 0 Å². The highest BCUT2D eigenvalue weighted by Gasteiger charge is 2.19. The number of aryl methyl sites for hydroxylation is 2. The van der Waals surface area contributed by atoms with Gasteiger partial charge < -0.3 is 4.57 Å². The van der Waals surface area contributed by atoms with Crippen LogP contribution in [0, 0.1) is 0 Å². The van der Waals surface area contributed by atoms with Gasteiger partial charge in [-0.05, 0) is 22.6 Å². The maximum absolute atomic E-state index is 12.6. The van der Waals surface area contributed by atoms with E-state index >= 15 is 0 Å². The van der Waals surface area contributed by atoms with Crippen molar-refractivity contribution in [2.75, 3.05) is 5.32 Å². The molecule has 3 aromatic rings. The minimum Gasteiger partial charge on any atom is -0.302 e. The van der Waals surface area contributed by atoms with Gasteiger partial charge in [0.2, 0.25) is 5.95 Å². The van der Waals surface area contributed by atoms with E-state index in [-0.39, 0.29) is 11.5 Å². The first kappa shape index (κ1) is 15.3. The molecule has 24 heavy (non-hydrogen) atoms. The number of aromatic nitrogens is 6. The molecular weight excluding hydrogens is 314 g/mol. The number of nitrogens with zero attached hydrogens (tertiary/aromatic N) is 6. The van der Waals surface area contributed by atoms with Crippen LogP contribution in [0.5, 0.6) is 0 Å². The average molecular weight is 327 g/mol. The van der Waals surface area contributed by atoms with Crippen LogP contribution in [0.15, 0.2) is 46.1 Å². The van der Waals surface area contributed by atoms with Gasteiger partial charge in [-0.1, -0.05) is 23.3 Å². The van der Waals surface area contributed by atoms with Crippen molar-refractivity contribution in [1.82, 2.24) is 29.3 Å². The Balaban J connectivity index is 2.12. The van der Waals surface area contributed by atoms with Gasteiger partial charge in [-0.15, -0.1) is 0 Å². The zero-order valence-electron chi connectivity index (χ0n) is 12.9. The summed E-state index contributed by atoms with van der Waals surface area (Å²) in [7, 11) is 3.00. The van der Waals surface area contributed by atoms with Gasteiger partial charge in [0, 0.05) is 20.3 Å². The number of rotatable bonds is 3. The summed E-state index contributed by atoms with van der Waals surface area (Å²) in [5.41, 5.74) is -1.11. The fourth-order valence-corrected chi connectivity index (χ4v) is 2.13. The summed E-state index contributed by atoms with van der Waals surface area (Å²) in [4.78, 5) is 37.3. The molecule has 2 heterocycles. The number of benzene rings is 1. The highest BCUT2D eigenvalue weighted by Crippen LogP contribution is 2.03. The van der Waals surface area contributed by atoms with E-state index in [1.165, 1.54) is 17.9 Å². The Morgan fingerprint density at radius 1 is 1.12 bits per heavy atom. The van der Waals surface area contributed by atoms with E-state index in [0.717, 1.165) is 9.13 Å². The first-order valence-corrected chi connectivity index (χ1v) is 6.91. The normalized spacial score (nSPS) is 10.6. The number of carbonyl (C=O) groups excluding carboxylic acids is 1. The molecule has 1 N–H and O–H groups in total. The summed E-state index contributed by atoms with van der Waals surface area (Å²) in [5, 5.41) is 13.0. The SMILES string of the molecule is Cn1nnnc1NC(=O)c1cn(C)c(=O)n(-c2ccccc2)c1=O. The third kappa shape index (κ3) is 2.60. The van der Waals surface area contributed by atoms with E-state index in [9.17, 15) is 14.4 Å². The highest BCUT2D eigenvalue weighted by atomic mass is 16.2. The molecule has 3 rings (SSSR count). The molecule has 1 aromatic carbocycles. The molecule has 0 spiro atoms. The van der Waals surface area contributed by atoms with Gasteiger partial charge in [0.15, 0.2) is 0 Å². The molecule has 0 aliphatic rings. The van der Waals surface area contributed by atoms with E-state index in [1.807, 2.05) is 0 Å². The van der Waals surface area contributed by atoms with Crippen molar-refractivity contribution in [3.05, 3.63) is 62.9 Å². The van der Waals surface area contributed by atoms with Crippen molar-refractivity contribution in [2.24, 2.45) is 14.1 Å². The lowest BCUT2D eigenvalue weighted by atomic mass is 10.2. The van der Waals surface area contributed by atoms with Crippen LogP contribution in [0.4, 0.5) is 5.95 Å². The Morgan fingerprint density at radius 3 is 2.46 bits per heavy atom. The molecule has 0 radical (unpaired) electrons. The van der Waals surface area contributed by atoms with Gasteiger partial charge in [0.25, 0.3) is 11.5 Å². The first-order valence-electron chi connectivity index (χ1n) is 6.91. The standard InChI is InChI=1S/C14H13N7O3/c1-19-8-10(11(22)15-13-16-17-18-20(13)2)12(23)21(14(19)24)9-6-4-3-5-7-9/h3-8H,1-2H3,(H,15,16,18,22). The Kier molecular flexibility index (Phi) is 3.78. The lowest BCUT2D eigenvalue weighted by Gasteiger charge is -2.10. The Bertz CT molecular complexity index is 1020. The molecule has 10 nitrogen and oxygen atoms in total. The molecule has 0 aliphatic carbocycles.